The van der Waals surface area contributed by atoms with Gasteiger partial charge in [-0.25, -0.2) is 4.79 Å². The van der Waals surface area contributed by atoms with Crippen LogP contribution in [0.25, 0.3) is 0 Å². The Hall–Kier alpha value is -3.75. The second kappa shape index (κ2) is 15.0. The van der Waals surface area contributed by atoms with Gasteiger partial charge in [0.1, 0.15) is 35.3 Å². The van der Waals surface area contributed by atoms with Crippen molar-refractivity contribution in [3.8, 4) is 17.2 Å². The Morgan fingerprint density at radius 3 is 2.05 bits per heavy atom. The first-order valence-corrected chi connectivity index (χ1v) is 13.2. The van der Waals surface area contributed by atoms with Crippen molar-refractivity contribution in [1.29, 1.82) is 0 Å². The molecule has 39 heavy (non-hydrogen) atoms. The molecule has 8 nitrogen and oxygen atoms in total. The van der Waals surface area contributed by atoms with Gasteiger partial charge in [-0.15, -0.1) is 11.6 Å². The standard InChI is InChI=1S/C30H35ClN2O6/c1-30(2,3)39-29(35)32-17-18-36-19-20-37-25-13-15-27(16-14-25)38-26-11-9-24(10-12-26)33(28(34)21-31)22-23-7-5-4-6-8-23/h4-16H,17-22H2,1-3H3,(H,32,35). The van der Waals surface area contributed by atoms with Crippen LogP contribution in [0.2, 0.25) is 0 Å². The average Bonchev–Trinajstić information content (AvgIpc) is 2.92. The van der Waals surface area contributed by atoms with E-state index in [2.05, 4.69) is 5.32 Å². The van der Waals surface area contributed by atoms with Crippen LogP contribution < -0.4 is 19.7 Å². The Labute approximate surface area is 234 Å². The summed E-state index contributed by atoms with van der Waals surface area (Å²) in [6.07, 6.45) is -0.466. The lowest BCUT2D eigenvalue weighted by atomic mass is 10.2. The number of rotatable bonds is 13. The SMILES string of the molecule is CC(C)(C)OC(=O)NCCOCCOc1ccc(Oc2ccc(N(Cc3ccccc3)C(=O)CCl)cc2)cc1. The number of ether oxygens (including phenoxy) is 4. The highest BCUT2D eigenvalue weighted by atomic mass is 35.5. The van der Waals surface area contributed by atoms with E-state index in [1.807, 2.05) is 99.6 Å². The molecule has 0 aliphatic rings. The summed E-state index contributed by atoms with van der Waals surface area (Å²) in [4.78, 5) is 25.7. The lowest BCUT2D eigenvalue weighted by molar-refractivity contribution is -0.116. The average molecular weight is 555 g/mol. The van der Waals surface area contributed by atoms with Gasteiger partial charge in [0.2, 0.25) is 5.91 Å². The van der Waals surface area contributed by atoms with Gasteiger partial charge in [0, 0.05) is 12.2 Å². The van der Waals surface area contributed by atoms with Crippen LogP contribution in [-0.4, -0.2) is 49.8 Å². The van der Waals surface area contributed by atoms with E-state index in [4.69, 9.17) is 30.5 Å². The molecule has 208 valence electrons. The molecule has 0 spiro atoms. The number of benzene rings is 3. The summed E-state index contributed by atoms with van der Waals surface area (Å²) < 4.78 is 22.3. The van der Waals surface area contributed by atoms with E-state index in [1.54, 1.807) is 4.90 Å². The molecule has 0 saturated carbocycles. The summed E-state index contributed by atoms with van der Waals surface area (Å²) in [5.74, 6) is 1.70. The fourth-order valence-electron chi connectivity index (χ4n) is 3.46. The number of nitrogens with one attached hydrogen (secondary N) is 1. The molecule has 0 aromatic heterocycles. The van der Waals surface area contributed by atoms with Crippen molar-refractivity contribution in [1.82, 2.24) is 5.32 Å². The van der Waals surface area contributed by atoms with Crippen LogP contribution in [-0.2, 0) is 20.8 Å². The molecule has 0 heterocycles. The number of halogens is 1. The number of alkyl carbamates (subject to hydrolysis) is 1. The Kier molecular flexibility index (Phi) is 11.5. The number of hydrogen-bond acceptors (Lipinski definition) is 6. The largest absolute Gasteiger partial charge is 0.491 e. The number of amides is 2. The van der Waals surface area contributed by atoms with Gasteiger partial charge in [0.15, 0.2) is 0 Å². The molecule has 0 aliphatic heterocycles. The highest BCUT2D eigenvalue weighted by Gasteiger charge is 2.16. The van der Waals surface area contributed by atoms with Gasteiger partial charge in [-0.2, -0.15) is 0 Å². The Morgan fingerprint density at radius 2 is 1.44 bits per heavy atom. The third-order valence-corrected chi connectivity index (χ3v) is 5.45. The molecule has 9 heteroatoms. The highest BCUT2D eigenvalue weighted by molar-refractivity contribution is 6.29. The molecule has 2 amide bonds. The number of anilines is 1. The molecule has 0 unspecified atom stereocenters. The lowest BCUT2D eigenvalue weighted by Gasteiger charge is -2.22. The van der Waals surface area contributed by atoms with E-state index >= 15 is 0 Å². The van der Waals surface area contributed by atoms with Crippen LogP contribution in [0.3, 0.4) is 0 Å². The zero-order valence-corrected chi connectivity index (χ0v) is 23.3. The molecule has 0 bridgehead atoms. The zero-order valence-electron chi connectivity index (χ0n) is 22.5. The Morgan fingerprint density at radius 1 is 0.821 bits per heavy atom. The Bertz CT molecular complexity index is 1160. The third-order valence-electron chi connectivity index (χ3n) is 5.22. The molecule has 0 radical (unpaired) electrons. The van der Waals surface area contributed by atoms with Crippen LogP contribution in [0.15, 0.2) is 78.9 Å². The van der Waals surface area contributed by atoms with Crippen LogP contribution in [0.4, 0.5) is 10.5 Å². The van der Waals surface area contributed by atoms with Crippen molar-refractivity contribution in [3.05, 3.63) is 84.4 Å². The van der Waals surface area contributed by atoms with Crippen LogP contribution in [0.1, 0.15) is 26.3 Å². The molecule has 0 atom stereocenters. The monoisotopic (exact) mass is 554 g/mol. The predicted molar refractivity (Wildman–Crippen MR) is 152 cm³/mol. The normalized spacial score (nSPS) is 11.0. The predicted octanol–water partition coefficient (Wildman–Crippen LogP) is 6.17. The minimum atomic E-state index is -0.527. The maximum Gasteiger partial charge on any atom is 0.407 e. The van der Waals surface area contributed by atoms with Crippen molar-refractivity contribution in [2.75, 3.05) is 37.1 Å². The first-order chi connectivity index (χ1) is 18.7. The number of carbonyl (C=O) groups is 2. The topological polar surface area (TPSA) is 86.3 Å². The van der Waals surface area contributed by atoms with Crippen LogP contribution in [0.5, 0.6) is 17.2 Å². The van der Waals surface area contributed by atoms with Crippen molar-refractivity contribution in [2.45, 2.75) is 32.9 Å². The van der Waals surface area contributed by atoms with E-state index < -0.39 is 11.7 Å². The minimum Gasteiger partial charge on any atom is -0.491 e. The summed E-state index contributed by atoms with van der Waals surface area (Å²) >= 11 is 5.85. The summed E-state index contributed by atoms with van der Waals surface area (Å²) in [5.41, 5.74) is 1.23. The van der Waals surface area contributed by atoms with Gasteiger partial charge < -0.3 is 29.2 Å². The second-order valence-corrected chi connectivity index (χ2v) is 9.82. The first kappa shape index (κ1) is 29.8. The van der Waals surface area contributed by atoms with Crippen molar-refractivity contribution >= 4 is 29.3 Å². The van der Waals surface area contributed by atoms with Gasteiger partial charge in [-0.1, -0.05) is 30.3 Å². The van der Waals surface area contributed by atoms with Gasteiger partial charge in [-0.05, 0) is 74.9 Å². The number of carbonyl (C=O) groups excluding carboxylic acids is 2. The number of alkyl halides is 1. The molecule has 0 aliphatic carbocycles. The number of nitrogens with zero attached hydrogens (tertiary/aromatic N) is 1. The van der Waals surface area contributed by atoms with Crippen LogP contribution in [0, 0.1) is 0 Å². The van der Waals surface area contributed by atoms with E-state index in [-0.39, 0.29) is 11.8 Å². The highest BCUT2D eigenvalue weighted by Crippen LogP contribution is 2.27. The summed E-state index contributed by atoms with van der Waals surface area (Å²) in [5, 5.41) is 2.64. The van der Waals surface area contributed by atoms with Gasteiger partial charge in [-0.3, -0.25) is 4.79 Å². The van der Waals surface area contributed by atoms with Crippen molar-refractivity contribution < 1.29 is 28.5 Å². The molecule has 0 saturated heterocycles. The second-order valence-electron chi connectivity index (χ2n) is 9.56. The van der Waals surface area contributed by atoms with E-state index in [1.165, 1.54) is 0 Å². The Balaban J connectivity index is 1.41. The lowest BCUT2D eigenvalue weighted by Crippen LogP contribution is -2.34. The molecule has 3 rings (SSSR count). The van der Waals surface area contributed by atoms with E-state index in [9.17, 15) is 9.59 Å². The van der Waals surface area contributed by atoms with Crippen molar-refractivity contribution in [3.63, 3.8) is 0 Å². The smallest absolute Gasteiger partial charge is 0.407 e. The zero-order chi connectivity index (χ0) is 28.1. The molecule has 3 aromatic rings. The third kappa shape index (κ3) is 10.9. The molecular formula is C30H35ClN2O6. The quantitative estimate of drug-likeness (QED) is 0.201. The summed E-state index contributed by atoms with van der Waals surface area (Å²) in [7, 11) is 0. The molecule has 3 aromatic carbocycles. The molecular weight excluding hydrogens is 520 g/mol. The van der Waals surface area contributed by atoms with E-state index in [0.717, 1.165) is 11.3 Å². The maximum absolute atomic E-state index is 12.5. The fourth-order valence-corrected chi connectivity index (χ4v) is 3.60. The van der Waals surface area contributed by atoms with E-state index in [0.29, 0.717) is 50.2 Å². The van der Waals surface area contributed by atoms with Gasteiger partial charge in [0.05, 0.1) is 19.8 Å². The first-order valence-electron chi connectivity index (χ1n) is 12.7. The fraction of sp³-hybridized carbons (Fsp3) is 0.333. The van der Waals surface area contributed by atoms with Gasteiger partial charge in [0.25, 0.3) is 0 Å². The molecule has 0 fully saturated rings. The molecule has 1 N–H and O–H groups in total. The number of hydrogen-bond donors (Lipinski definition) is 1. The minimum absolute atomic E-state index is 0.100. The maximum atomic E-state index is 12.5. The van der Waals surface area contributed by atoms with Crippen molar-refractivity contribution in [2.24, 2.45) is 0 Å². The van der Waals surface area contributed by atoms with Crippen LogP contribution >= 0.6 is 11.6 Å². The van der Waals surface area contributed by atoms with Gasteiger partial charge >= 0.3 is 6.09 Å². The summed E-state index contributed by atoms with van der Waals surface area (Å²) in [6.45, 7) is 7.34. The summed E-state index contributed by atoms with van der Waals surface area (Å²) in [6, 6.07) is 24.3.